The van der Waals surface area contributed by atoms with Gasteiger partial charge in [-0.2, -0.15) is 0 Å². The predicted molar refractivity (Wildman–Crippen MR) is 84.5 cm³/mol. The van der Waals surface area contributed by atoms with E-state index in [1.165, 1.54) is 0 Å². The maximum absolute atomic E-state index is 12.7. The van der Waals surface area contributed by atoms with E-state index in [-0.39, 0.29) is 11.7 Å². The number of rotatable bonds is 5. The normalized spacial score (nSPS) is 11.9. The second-order valence-corrected chi connectivity index (χ2v) is 5.44. The Hall–Kier alpha value is -1.61. The Kier molecular flexibility index (Phi) is 4.96. The molecule has 0 radical (unpaired) electrons. The van der Waals surface area contributed by atoms with Gasteiger partial charge < -0.3 is 4.74 Å². The van der Waals surface area contributed by atoms with Crippen molar-refractivity contribution < 1.29 is 9.53 Å². The molecule has 0 aromatic heterocycles. The molecule has 0 bridgehead atoms. The first-order chi connectivity index (χ1) is 9.67. The van der Waals surface area contributed by atoms with Crippen LogP contribution in [0, 0.1) is 0 Å². The number of halogens is 1. The van der Waals surface area contributed by atoms with Crippen LogP contribution in [0.3, 0.4) is 0 Å². The van der Waals surface area contributed by atoms with Crippen LogP contribution < -0.4 is 4.74 Å². The molecule has 0 N–H and O–H groups in total. The SMILES string of the molecule is CCC(C(=O)c1ccc(OC)c(Br)c1)c1ccccc1. The summed E-state index contributed by atoms with van der Waals surface area (Å²) >= 11 is 3.43. The van der Waals surface area contributed by atoms with Gasteiger partial charge in [-0.3, -0.25) is 4.79 Å². The molecular formula is C17H17BrO2. The second kappa shape index (κ2) is 6.71. The Morgan fingerprint density at radius 1 is 1.20 bits per heavy atom. The molecule has 0 aliphatic carbocycles. The van der Waals surface area contributed by atoms with Crippen molar-refractivity contribution in [1.82, 2.24) is 0 Å². The third-order valence-corrected chi connectivity index (χ3v) is 3.98. The highest BCUT2D eigenvalue weighted by Gasteiger charge is 2.20. The molecular weight excluding hydrogens is 316 g/mol. The highest BCUT2D eigenvalue weighted by molar-refractivity contribution is 9.10. The standard InChI is InChI=1S/C17H17BrO2/c1-3-14(12-7-5-4-6-8-12)17(19)13-9-10-16(20-2)15(18)11-13/h4-11,14H,3H2,1-2H3. The van der Waals surface area contributed by atoms with Crippen LogP contribution in [0.4, 0.5) is 0 Å². The van der Waals surface area contributed by atoms with Crippen LogP contribution in [0.1, 0.15) is 35.2 Å². The van der Waals surface area contributed by atoms with Crippen molar-refractivity contribution >= 4 is 21.7 Å². The van der Waals surface area contributed by atoms with Gasteiger partial charge in [0.15, 0.2) is 5.78 Å². The molecule has 1 atom stereocenters. The number of carbonyl (C=O) groups is 1. The largest absolute Gasteiger partial charge is 0.496 e. The van der Waals surface area contributed by atoms with E-state index in [0.717, 1.165) is 22.2 Å². The molecule has 0 spiro atoms. The third kappa shape index (κ3) is 3.10. The van der Waals surface area contributed by atoms with Crippen molar-refractivity contribution in [3.8, 4) is 5.75 Å². The Balaban J connectivity index is 2.32. The second-order valence-electron chi connectivity index (χ2n) is 4.59. The van der Waals surface area contributed by atoms with Crippen molar-refractivity contribution in [1.29, 1.82) is 0 Å². The van der Waals surface area contributed by atoms with Gasteiger partial charge in [-0.05, 0) is 46.1 Å². The van der Waals surface area contributed by atoms with Gasteiger partial charge in [0, 0.05) is 11.5 Å². The van der Waals surface area contributed by atoms with Gasteiger partial charge in [-0.15, -0.1) is 0 Å². The van der Waals surface area contributed by atoms with Crippen LogP contribution in [0.5, 0.6) is 5.75 Å². The zero-order valence-electron chi connectivity index (χ0n) is 11.6. The van der Waals surface area contributed by atoms with Gasteiger partial charge in [0.2, 0.25) is 0 Å². The zero-order valence-corrected chi connectivity index (χ0v) is 13.2. The van der Waals surface area contributed by atoms with Crippen LogP contribution in [0.15, 0.2) is 53.0 Å². The molecule has 20 heavy (non-hydrogen) atoms. The number of methoxy groups -OCH3 is 1. The van der Waals surface area contributed by atoms with Crippen molar-refractivity contribution in [3.05, 3.63) is 64.1 Å². The van der Waals surface area contributed by atoms with Gasteiger partial charge in [-0.25, -0.2) is 0 Å². The minimum atomic E-state index is -0.100. The quantitative estimate of drug-likeness (QED) is 0.732. The maximum atomic E-state index is 12.7. The summed E-state index contributed by atoms with van der Waals surface area (Å²) in [6, 6.07) is 15.4. The Morgan fingerprint density at radius 3 is 2.45 bits per heavy atom. The minimum Gasteiger partial charge on any atom is -0.496 e. The third-order valence-electron chi connectivity index (χ3n) is 3.36. The fraction of sp³-hybridized carbons (Fsp3) is 0.235. The van der Waals surface area contributed by atoms with Crippen LogP contribution in [0.25, 0.3) is 0 Å². The minimum absolute atomic E-state index is 0.100. The van der Waals surface area contributed by atoms with Gasteiger partial charge in [-0.1, -0.05) is 37.3 Å². The van der Waals surface area contributed by atoms with E-state index >= 15 is 0 Å². The summed E-state index contributed by atoms with van der Waals surface area (Å²) in [4.78, 5) is 12.7. The maximum Gasteiger partial charge on any atom is 0.170 e. The molecule has 2 aromatic carbocycles. The molecule has 2 nitrogen and oxygen atoms in total. The fourth-order valence-electron chi connectivity index (χ4n) is 2.28. The number of ether oxygens (including phenoxy) is 1. The number of Topliss-reactive ketones (excluding diaryl/α,β-unsaturated/α-hetero) is 1. The molecule has 2 rings (SSSR count). The van der Waals surface area contributed by atoms with E-state index in [1.807, 2.05) is 55.5 Å². The summed E-state index contributed by atoms with van der Waals surface area (Å²) in [5.41, 5.74) is 1.76. The highest BCUT2D eigenvalue weighted by atomic mass is 79.9. The summed E-state index contributed by atoms with van der Waals surface area (Å²) in [6.45, 7) is 2.04. The van der Waals surface area contributed by atoms with Crippen molar-refractivity contribution in [2.45, 2.75) is 19.3 Å². The van der Waals surface area contributed by atoms with Crippen LogP contribution >= 0.6 is 15.9 Å². The van der Waals surface area contributed by atoms with Crippen LogP contribution in [0.2, 0.25) is 0 Å². The fourth-order valence-corrected chi connectivity index (χ4v) is 2.82. The topological polar surface area (TPSA) is 26.3 Å². The van der Waals surface area contributed by atoms with E-state index < -0.39 is 0 Å². The Bertz CT molecular complexity index is 593. The summed E-state index contributed by atoms with van der Waals surface area (Å²) in [7, 11) is 1.61. The monoisotopic (exact) mass is 332 g/mol. The molecule has 0 saturated carbocycles. The molecule has 0 fully saturated rings. The molecule has 0 aliphatic rings. The number of hydrogen-bond donors (Lipinski definition) is 0. The van der Waals surface area contributed by atoms with Gasteiger partial charge in [0.05, 0.1) is 11.6 Å². The molecule has 1 unspecified atom stereocenters. The zero-order chi connectivity index (χ0) is 14.5. The lowest BCUT2D eigenvalue weighted by Crippen LogP contribution is -2.12. The van der Waals surface area contributed by atoms with E-state index in [0.29, 0.717) is 5.56 Å². The van der Waals surface area contributed by atoms with E-state index in [9.17, 15) is 4.79 Å². The average molecular weight is 333 g/mol. The predicted octanol–water partition coefficient (Wildman–Crippen LogP) is 4.83. The van der Waals surface area contributed by atoms with E-state index in [4.69, 9.17) is 4.74 Å². The Labute approximate surface area is 127 Å². The Morgan fingerprint density at radius 2 is 1.90 bits per heavy atom. The van der Waals surface area contributed by atoms with Crippen LogP contribution in [-0.2, 0) is 0 Å². The summed E-state index contributed by atoms with van der Waals surface area (Å²) in [6.07, 6.45) is 0.784. The van der Waals surface area contributed by atoms with E-state index in [1.54, 1.807) is 7.11 Å². The lowest BCUT2D eigenvalue weighted by atomic mass is 9.89. The molecule has 0 aliphatic heterocycles. The van der Waals surface area contributed by atoms with Crippen molar-refractivity contribution in [2.24, 2.45) is 0 Å². The first-order valence-electron chi connectivity index (χ1n) is 6.60. The number of benzene rings is 2. The molecule has 3 heteroatoms. The van der Waals surface area contributed by atoms with Crippen molar-refractivity contribution in [3.63, 3.8) is 0 Å². The summed E-state index contributed by atoms with van der Waals surface area (Å²) < 4.78 is 5.99. The van der Waals surface area contributed by atoms with Gasteiger partial charge >= 0.3 is 0 Å². The number of carbonyl (C=O) groups excluding carboxylic acids is 1. The molecule has 0 saturated heterocycles. The van der Waals surface area contributed by atoms with E-state index in [2.05, 4.69) is 15.9 Å². The van der Waals surface area contributed by atoms with Gasteiger partial charge in [0.1, 0.15) is 5.75 Å². The average Bonchev–Trinajstić information content (AvgIpc) is 2.49. The smallest absolute Gasteiger partial charge is 0.170 e. The molecule has 0 amide bonds. The van der Waals surface area contributed by atoms with Gasteiger partial charge in [0.25, 0.3) is 0 Å². The molecule has 2 aromatic rings. The number of ketones is 1. The highest BCUT2D eigenvalue weighted by Crippen LogP contribution is 2.29. The van der Waals surface area contributed by atoms with Crippen molar-refractivity contribution in [2.75, 3.05) is 7.11 Å². The molecule has 104 valence electrons. The molecule has 0 heterocycles. The lowest BCUT2D eigenvalue weighted by molar-refractivity contribution is 0.0957. The lowest BCUT2D eigenvalue weighted by Gasteiger charge is -2.15. The number of hydrogen-bond acceptors (Lipinski definition) is 2. The van der Waals surface area contributed by atoms with Crippen LogP contribution in [-0.4, -0.2) is 12.9 Å². The first kappa shape index (κ1) is 14.8. The summed E-state index contributed by atoms with van der Waals surface area (Å²) in [5.74, 6) is 0.771. The summed E-state index contributed by atoms with van der Waals surface area (Å²) in [5, 5.41) is 0. The first-order valence-corrected chi connectivity index (χ1v) is 7.39.